The molecular formula is C15H27N5O. The van der Waals surface area contributed by atoms with Crippen LogP contribution in [0.1, 0.15) is 31.4 Å². The highest BCUT2D eigenvalue weighted by atomic mass is 16.5. The molecule has 1 saturated carbocycles. The Labute approximate surface area is 126 Å². The predicted molar refractivity (Wildman–Crippen MR) is 80.9 cm³/mol. The van der Waals surface area contributed by atoms with Crippen molar-refractivity contribution in [3.63, 3.8) is 0 Å². The first kappa shape index (κ1) is 14.9. The van der Waals surface area contributed by atoms with Crippen molar-refractivity contribution in [2.75, 3.05) is 33.4 Å². The zero-order valence-corrected chi connectivity index (χ0v) is 13.0. The number of nitrogens with one attached hydrogen (secondary N) is 1. The molecule has 21 heavy (non-hydrogen) atoms. The van der Waals surface area contributed by atoms with Gasteiger partial charge in [-0.05, 0) is 38.6 Å². The molecule has 0 radical (unpaired) electrons. The second-order valence-electron chi connectivity index (χ2n) is 6.45. The van der Waals surface area contributed by atoms with Gasteiger partial charge < -0.3 is 15.0 Å². The zero-order chi connectivity index (χ0) is 14.5. The molecule has 1 aromatic rings. The van der Waals surface area contributed by atoms with E-state index in [-0.39, 0.29) is 0 Å². The van der Waals surface area contributed by atoms with Crippen LogP contribution in [0.4, 0.5) is 0 Å². The van der Waals surface area contributed by atoms with Crippen molar-refractivity contribution in [3.8, 4) is 0 Å². The van der Waals surface area contributed by atoms with Gasteiger partial charge >= 0.3 is 0 Å². The van der Waals surface area contributed by atoms with E-state index in [0.717, 1.165) is 57.0 Å². The van der Waals surface area contributed by atoms with Crippen molar-refractivity contribution >= 4 is 0 Å². The highest BCUT2D eigenvalue weighted by molar-refractivity contribution is 4.94. The fourth-order valence-electron chi connectivity index (χ4n) is 2.80. The van der Waals surface area contributed by atoms with Gasteiger partial charge in [-0.2, -0.15) is 0 Å². The highest BCUT2D eigenvalue weighted by Gasteiger charge is 2.20. The van der Waals surface area contributed by atoms with Crippen molar-refractivity contribution < 1.29 is 4.74 Å². The number of likely N-dealkylation sites (N-methyl/N-ethyl adjacent to an activating group) is 1. The molecule has 1 saturated heterocycles. The van der Waals surface area contributed by atoms with Crippen molar-refractivity contribution in [2.24, 2.45) is 5.92 Å². The summed E-state index contributed by atoms with van der Waals surface area (Å²) in [5.74, 6) is 0.790. The molecule has 2 fully saturated rings. The minimum absolute atomic E-state index is 0.723. The minimum Gasteiger partial charge on any atom is -0.381 e. The first-order valence-electron chi connectivity index (χ1n) is 8.18. The maximum atomic E-state index is 5.41. The van der Waals surface area contributed by atoms with Gasteiger partial charge in [0.1, 0.15) is 0 Å². The third-order valence-corrected chi connectivity index (χ3v) is 4.36. The first-order valence-corrected chi connectivity index (χ1v) is 8.18. The molecule has 2 heterocycles. The molecule has 1 N–H and O–H groups in total. The molecule has 2 aliphatic rings. The summed E-state index contributed by atoms with van der Waals surface area (Å²) in [7, 11) is 2.20. The summed E-state index contributed by atoms with van der Waals surface area (Å²) in [5.41, 5.74) is 1.05. The highest BCUT2D eigenvalue weighted by Crippen LogP contribution is 2.19. The molecule has 1 aliphatic heterocycles. The third-order valence-electron chi connectivity index (χ3n) is 4.36. The summed E-state index contributed by atoms with van der Waals surface area (Å²) in [5, 5.41) is 11.9. The second-order valence-corrected chi connectivity index (χ2v) is 6.45. The van der Waals surface area contributed by atoms with Crippen LogP contribution in [0.25, 0.3) is 0 Å². The predicted octanol–water partition coefficient (Wildman–Crippen LogP) is 0.889. The molecule has 6 nitrogen and oxygen atoms in total. The lowest BCUT2D eigenvalue weighted by Crippen LogP contribution is -2.31. The van der Waals surface area contributed by atoms with Crippen LogP contribution in [-0.2, 0) is 17.8 Å². The number of hydrogen-bond acceptors (Lipinski definition) is 5. The van der Waals surface area contributed by atoms with Gasteiger partial charge in [0.25, 0.3) is 0 Å². The van der Waals surface area contributed by atoms with E-state index in [0.29, 0.717) is 0 Å². The average molecular weight is 293 g/mol. The van der Waals surface area contributed by atoms with Gasteiger partial charge in [-0.3, -0.25) is 4.68 Å². The van der Waals surface area contributed by atoms with Crippen molar-refractivity contribution in [1.82, 2.24) is 25.2 Å². The Bertz CT molecular complexity index is 425. The van der Waals surface area contributed by atoms with Crippen LogP contribution in [0.15, 0.2) is 6.20 Å². The monoisotopic (exact) mass is 293 g/mol. The number of nitrogens with zero attached hydrogens (tertiary/aromatic N) is 4. The molecule has 118 valence electrons. The Balaban J connectivity index is 1.35. The SMILES string of the molecule is CN(CCn1cc(CNC2CC2)nn1)CC1CCOCC1. The summed E-state index contributed by atoms with van der Waals surface area (Å²) in [6.07, 6.45) is 7.09. The van der Waals surface area contributed by atoms with Crippen LogP contribution < -0.4 is 5.32 Å². The fourth-order valence-corrected chi connectivity index (χ4v) is 2.80. The molecule has 3 rings (SSSR count). The largest absolute Gasteiger partial charge is 0.381 e. The molecule has 0 atom stereocenters. The maximum Gasteiger partial charge on any atom is 0.0964 e. The normalized spacial score (nSPS) is 20.3. The van der Waals surface area contributed by atoms with E-state index in [1.807, 2.05) is 4.68 Å². The molecule has 6 heteroatoms. The van der Waals surface area contributed by atoms with Crippen LogP contribution in [0, 0.1) is 5.92 Å². The topological polar surface area (TPSA) is 55.2 Å². The van der Waals surface area contributed by atoms with E-state index in [4.69, 9.17) is 4.74 Å². The summed E-state index contributed by atoms with van der Waals surface area (Å²) >= 11 is 0. The van der Waals surface area contributed by atoms with E-state index in [1.165, 1.54) is 25.7 Å². The van der Waals surface area contributed by atoms with Crippen LogP contribution in [0.2, 0.25) is 0 Å². The number of ether oxygens (including phenoxy) is 1. The van der Waals surface area contributed by atoms with Crippen molar-refractivity contribution in [2.45, 2.75) is 44.8 Å². The van der Waals surface area contributed by atoms with Crippen LogP contribution in [-0.4, -0.2) is 59.3 Å². The smallest absolute Gasteiger partial charge is 0.0964 e. The van der Waals surface area contributed by atoms with E-state index in [1.54, 1.807) is 0 Å². The molecular weight excluding hydrogens is 266 g/mol. The summed E-state index contributed by atoms with van der Waals surface area (Å²) in [4.78, 5) is 2.40. The van der Waals surface area contributed by atoms with Crippen LogP contribution >= 0.6 is 0 Å². The minimum atomic E-state index is 0.723. The van der Waals surface area contributed by atoms with E-state index in [2.05, 4.69) is 33.8 Å². The molecule has 1 aliphatic carbocycles. The van der Waals surface area contributed by atoms with Gasteiger partial charge in [0.15, 0.2) is 0 Å². The van der Waals surface area contributed by atoms with Crippen molar-refractivity contribution in [3.05, 3.63) is 11.9 Å². The quantitative estimate of drug-likeness (QED) is 0.771. The van der Waals surface area contributed by atoms with Crippen LogP contribution in [0.5, 0.6) is 0 Å². The van der Waals surface area contributed by atoms with Gasteiger partial charge in [0.2, 0.25) is 0 Å². The zero-order valence-electron chi connectivity index (χ0n) is 13.0. The molecule has 0 bridgehead atoms. The second kappa shape index (κ2) is 7.33. The Morgan fingerprint density at radius 2 is 2.14 bits per heavy atom. The lowest BCUT2D eigenvalue weighted by Gasteiger charge is -2.26. The van der Waals surface area contributed by atoms with Gasteiger partial charge in [-0.1, -0.05) is 5.21 Å². The number of hydrogen-bond donors (Lipinski definition) is 1. The Hall–Kier alpha value is -0.980. The van der Waals surface area contributed by atoms with Crippen LogP contribution in [0.3, 0.4) is 0 Å². The maximum absolute atomic E-state index is 5.41. The molecule has 0 unspecified atom stereocenters. The molecule has 0 aromatic carbocycles. The van der Waals surface area contributed by atoms with Gasteiger partial charge in [-0.15, -0.1) is 5.10 Å². The van der Waals surface area contributed by atoms with Gasteiger partial charge in [-0.25, -0.2) is 0 Å². The number of aromatic nitrogens is 3. The van der Waals surface area contributed by atoms with E-state index < -0.39 is 0 Å². The Kier molecular flexibility index (Phi) is 5.22. The standard InChI is InChI=1S/C15H27N5O/c1-19(11-13-4-8-21-9-5-13)6-7-20-12-15(17-18-20)10-16-14-2-3-14/h12-14,16H,2-11H2,1H3. The van der Waals surface area contributed by atoms with Gasteiger partial charge in [0, 0.05) is 45.1 Å². The Morgan fingerprint density at radius 1 is 1.33 bits per heavy atom. The van der Waals surface area contributed by atoms with Crippen molar-refractivity contribution in [1.29, 1.82) is 0 Å². The van der Waals surface area contributed by atoms with Gasteiger partial charge in [0.05, 0.1) is 12.2 Å². The third kappa shape index (κ3) is 5.05. The number of rotatable bonds is 8. The summed E-state index contributed by atoms with van der Waals surface area (Å²) < 4.78 is 7.37. The Morgan fingerprint density at radius 3 is 2.90 bits per heavy atom. The van der Waals surface area contributed by atoms with E-state index >= 15 is 0 Å². The fraction of sp³-hybridized carbons (Fsp3) is 0.867. The lowest BCUT2D eigenvalue weighted by atomic mass is 10.00. The lowest BCUT2D eigenvalue weighted by molar-refractivity contribution is 0.0553. The first-order chi connectivity index (χ1) is 10.3. The molecule has 0 amide bonds. The summed E-state index contributed by atoms with van der Waals surface area (Å²) in [6.45, 7) is 5.81. The average Bonchev–Trinajstić information content (AvgIpc) is 3.22. The van der Waals surface area contributed by atoms with E-state index in [9.17, 15) is 0 Å². The summed E-state index contributed by atoms with van der Waals surface area (Å²) in [6, 6.07) is 0.723. The molecule has 0 spiro atoms. The molecule has 1 aromatic heterocycles.